The first-order valence-corrected chi connectivity index (χ1v) is 10.0. The number of hydrogen-bond donors (Lipinski definition) is 2. The lowest BCUT2D eigenvalue weighted by molar-refractivity contribution is -0.123. The Balaban J connectivity index is 1.48. The third-order valence-corrected chi connectivity index (χ3v) is 4.94. The van der Waals surface area contributed by atoms with Gasteiger partial charge in [0.15, 0.2) is 6.61 Å². The van der Waals surface area contributed by atoms with E-state index in [9.17, 15) is 9.59 Å². The van der Waals surface area contributed by atoms with Crippen molar-refractivity contribution in [3.63, 3.8) is 0 Å². The van der Waals surface area contributed by atoms with Crippen molar-refractivity contribution < 1.29 is 14.3 Å². The first-order chi connectivity index (χ1) is 14.9. The predicted molar refractivity (Wildman–Crippen MR) is 123 cm³/mol. The largest absolute Gasteiger partial charge is 0.484 e. The molecule has 31 heavy (non-hydrogen) atoms. The van der Waals surface area contributed by atoms with Crippen LogP contribution in [-0.4, -0.2) is 24.6 Å². The van der Waals surface area contributed by atoms with Crippen LogP contribution in [0.5, 0.6) is 5.75 Å². The molecular formula is C23H19Cl2N3O3. The Kier molecular flexibility index (Phi) is 7.65. The highest BCUT2D eigenvalue weighted by Crippen LogP contribution is 2.23. The molecule has 0 radical (unpaired) electrons. The van der Waals surface area contributed by atoms with Gasteiger partial charge >= 0.3 is 0 Å². The number of anilines is 1. The number of hydrogen-bond acceptors (Lipinski definition) is 4. The SMILES string of the molecule is Cc1c(Cl)cccc1NC(=O)c1ccc(OCC(=O)NN=Cc2ccc(Cl)cc2)cc1. The average Bonchev–Trinajstić information content (AvgIpc) is 2.77. The fraction of sp³-hybridized carbons (Fsp3) is 0.0870. The van der Waals surface area contributed by atoms with Crippen molar-refractivity contribution in [1.29, 1.82) is 0 Å². The van der Waals surface area contributed by atoms with E-state index in [1.54, 1.807) is 66.7 Å². The molecule has 3 aromatic carbocycles. The summed E-state index contributed by atoms with van der Waals surface area (Å²) < 4.78 is 5.42. The summed E-state index contributed by atoms with van der Waals surface area (Å²) in [5, 5.41) is 7.89. The number of carbonyl (C=O) groups is 2. The van der Waals surface area contributed by atoms with Crippen molar-refractivity contribution in [3.05, 3.63) is 93.5 Å². The van der Waals surface area contributed by atoms with Crippen LogP contribution in [0, 0.1) is 6.92 Å². The van der Waals surface area contributed by atoms with Gasteiger partial charge in [-0.05, 0) is 66.6 Å². The molecule has 0 bridgehead atoms. The zero-order chi connectivity index (χ0) is 22.2. The van der Waals surface area contributed by atoms with E-state index in [2.05, 4.69) is 15.8 Å². The van der Waals surface area contributed by atoms with Gasteiger partial charge in [0.1, 0.15) is 5.75 Å². The molecule has 2 N–H and O–H groups in total. The molecule has 0 atom stereocenters. The van der Waals surface area contributed by atoms with Gasteiger partial charge in [-0.2, -0.15) is 5.10 Å². The van der Waals surface area contributed by atoms with E-state index in [0.717, 1.165) is 11.1 Å². The number of ether oxygens (including phenoxy) is 1. The summed E-state index contributed by atoms with van der Waals surface area (Å²) in [4.78, 5) is 24.3. The molecule has 0 fully saturated rings. The summed E-state index contributed by atoms with van der Waals surface area (Å²) in [6.07, 6.45) is 1.50. The highest BCUT2D eigenvalue weighted by Gasteiger charge is 2.10. The standard InChI is InChI=1S/C23H19Cl2N3O3/c1-15-20(25)3-2-4-21(15)27-23(30)17-7-11-19(12-8-17)31-14-22(29)28-26-13-16-5-9-18(24)10-6-16/h2-13H,14H2,1H3,(H,27,30)(H,28,29). The third-order valence-electron chi connectivity index (χ3n) is 4.28. The van der Waals surface area contributed by atoms with Crippen LogP contribution in [0.25, 0.3) is 0 Å². The summed E-state index contributed by atoms with van der Waals surface area (Å²) in [5.41, 5.74) is 5.07. The van der Waals surface area contributed by atoms with Crippen LogP contribution in [0.15, 0.2) is 71.8 Å². The molecule has 3 rings (SSSR count). The number of halogens is 2. The number of nitrogens with zero attached hydrogens (tertiary/aromatic N) is 1. The maximum Gasteiger partial charge on any atom is 0.277 e. The summed E-state index contributed by atoms with van der Waals surface area (Å²) in [5.74, 6) is -0.234. The molecule has 0 unspecified atom stereocenters. The minimum Gasteiger partial charge on any atom is -0.484 e. The van der Waals surface area contributed by atoms with Crippen LogP contribution in [0.1, 0.15) is 21.5 Å². The molecule has 3 aromatic rings. The summed E-state index contributed by atoms with van der Waals surface area (Å²) in [7, 11) is 0. The summed E-state index contributed by atoms with van der Waals surface area (Å²) in [6.45, 7) is 1.62. The molecule has 0 aliphatic carbocycles. The van der Waals surface area contributed by atoms with Crippen molar-refractivity contribution in [2.45, 2.75) is 6.92 Å². The lowest BCUT2D eigenvalue weighted by atomic mass is 10.1. The number of hydrazone groups is 1. The predicted octanol–water partition coefficient (Wildman–Crippen LogP) is 5.08. The second-order valence-corrected chi connectivity index (χ2v) is 7.37. The van der Waals surface area contributed by atoms with E-state index in [1.807, 2.05) is 6.92 Å². The van der Waals surface area contributed by atoms with Crippen LogP contribution >= 0.6 is 23.2 Å². The highest BCUT2D eigenvalue weighted by molar-refractivity contribution is 6.32. The van der Waals surface area contributed by atoms with E-state index in [0.29, 0.717) is 27.0 Å². The second kappa shape index (κ2) is 10.6. The van der Waals surface area contributed by atoms with E-state index < -0.39 is 5.91 Å². The Hall–Kier alpha value is -3.35. The molecule has 6 nitrogen and oxygen atoms in total. The number of rotatable bonds is 7. The second-order valence-electron chi connectivity index (χ2n) is 6.52. The van der Waals surface area contributed by atoms with Gasteiger partial charge in [-0.25, -0.2) is 5.43 Å². The fourth-order valence-corrected chi connectivity index (χ4v) is 2.85. The van der Waals surface area contributed by atoms with Gasteiger partial charge in [-0.15, -0.1) is 0 Å². The number of nitrogens with one attached hydrogen (secondary N) is 2. The van der Waals surface area contributed by atoms with Crippen LogP contribution in [-0.2, 0) is 4.79 Å². The van der Waals surface area contributed by atoms with Crippen molar-refractivity contribution in [2.75, 3.05) is 11.9 Å². The first-order valence-electron chi connectivity index (χ1n) is 9.29. The van der Waals surface area contributed by atoms with Crippen molar-refractivity contribution in [1.82, 2.24) is 5.43 Å². The molecule has 158 valence electrons. The van der Waals surface area contributed by atoms with Gasteiger partial charge in [0.25, 0.3) is 11.8 Å². The van der Waals surface area contributed by atoms with Gasteiger partial charge in [0.05, 0.1) is 6.21 Å². The molecule has 0 aliphatic rings. The number of carbonyl (C=O) groups excluding carboxylic acids is 2. The number of benzene rings is 3. The lowest BCUT2D eigenvalue weighted by Crippen LogP contribution is -2.24. The zero-order valence-corrected chi connectivity index (χ0v) is 18.1. The Morgan fingerprint density at radius 3 is 2.42 bits per heavy atom. The van der Waals surface area contributed by atoms with Crippen LogP contribution in [0.3, 0.4) is 0 Å². The number of amides is 2. The summed E-state index contributed by atoms with van der Waals surface area (Å²) >= 11 is 11.9. The van der Waals surface area contributed by atoms with Gasteiger partial charge < -0.3 is 10.1 Å². The van der Waals surface area contributed by atoms with Gasteiger partial charge in [-0.3, -0.25) is 9.59 Å². The minimum atomic E-state index is -0.413. The van der Waals surface area contributed by atoms with Crippen LogP contribution in [0.4, 0.5) is 5.69 Å². The Labute approximate surface area is 189 Å². The molecular weight excluding hydrogens is 437 g/mol. The summed E-state index contributed by atoms with van der Waals surface area (Å²) in [6, 6.07) is 18.8. The van der Waals surface area contributed by atoms with Crippen molar-refractivity contribution in [3.8, 4) is 5.75 Å². The van der Waals surface area contributed by atoms with Crippen molar-refractivity contribution in [2.24, 2.45) is 5.10 Å². The maximum absolute atomic E-state index is 12.4. The molecule has 0 aliphatic heterocycles. The topological polar surface area (TPSA) is 79.8 Å². The smallest absolute Gasteiger partial charge is 0.277 e. The lowest BCUT2D eigenvalue weighted by Gasteiger charge is -2.10. The fourth-order valence-electron chi connectivity index (χ4n) is 2.55. The monoisotopic (exact) mass is 455 g/mol. The molecule has 8 heteroatoms. The van der Waals surface area contributed by atoms with Gasteiger partial charge in [0, 0.05) is 21.3 Å². The molecule has 0 aromatic heterocycles. The molecule has 0 heterocycles. The normalized spacial score (nSPS) is 10.7. The minimum absolute atomic E-state index is 0.217. The molecule has 0 saturated carbocycles. The van der Waals surface area contributed by atoms with Gasteiger partial charge in [0.2, 0.25) is 0 Å². The third kappa shape index (κ3) is 6.57. The van der Waals surface area contributed by atoms with E-state index >= 15 is 0 Å². The van der Waals surface area contributed by atoms with Crippen LogP contribution < -0.4 is 15.5 Å². The first kappa shape index (κ1) is 22.3. The Morgan fingerprint density at radius 1 is 1.00 bits per heavy atom. The van der Waals surface area contributed by atoms with Crippen molar-refractivity contribution >= 4 is 46.9 Å². The van der Waals surface area contributed by atoms with Crippen LogP contribution in [0.2, 0.25) is 10.0 Å². The molecule has 0 saturated heterocycles. The molecule has 2 amide bonds. The van der Waals surface area contributed by atoms with E-state index in [1.165, 1.54) is 6.21 Å². The Bertz CT molecular complexity index is 1100. The zero-order valence-electron chi connectivity index (χ0n) is 16.6. The van der Waals surface area contributed by atoms with Gasteiger partial charge in [-0.1, -0.05) is 41.4 Å². The van der Waals surface area contributed by atoms with E-state index in [-0.39, 0.29) is 12.5 Å². The van der Waals surface area contributed by atoms with E-state index in [4.69, 9.17) is 27.9 Å². The quantitative estimate of drug-likeness (QED) is 0.384. The average molecular weight is 456 g/mol. The highest BCUT2D eigenvalue weighted by atomic mass is 35.5. The molecule has 0 spiro atoms. The maximum atomic E-state index is 12.4. The Morgan fingerprint density at radius 2 is 1.71 bits per heavy atom.